The lowest BCUT2D eigenvalue weighted by atomic mass is 10.1. The summed E-state index contributed by atoms with van der Waals surface area (Å²) in [5, 5.41) is 2.64. The monoisotopic (exact) mass is 300 g/mol. The summed E-state index contributed by atoms with van der Waals surface area (Å²) in [4.78, 5) is 27.7. The third-order valence-electron chi connectivity index (χ3n) is 3.40. The van der Waals surface area contributed by atoms with Crippen LogP contribution in [0.5, 0.6) is 0 Å². The Balaban J connectivity index is 1.73. The minimum absolute atomic E-state index is 0.228. The smallest absolute Gasteiger partial charge is 0.287 e. The number of pyridine rings is 1. The second-order valence-corrected chi connectivity index (χ2v) is 5.22. The topological polar surface area (TPSA) is 72.2 Å². The van der Waals surface area contributed by atoms with Crippen molar-refractivity contribution >= 4 is 11.7 Å². The molecule has 0 unspecified atom stereocenters. The molecule has 0 saturated carbocycles. The van der Waals surface area contributed by atoms with Crippen molar-refractivity contribution < 1.29 is 14.0 Å². The molecule has 0 saturated heterocycles. The van der Waals surface area contributed by atoms with Crippen LogP contribution in [-0.2, 0) is 22.6 Å². The molecule has 0 aliphatic heterocycles. The van der Waals surface area contributed by atoms with Crippen molar-refractivity contribution in [3.63, 3.8) is 0 Å². The van der Waals surface area contributed by atoms with Gasteiger partial charge in [0.25, 0.3) is 5.91 Å². The van der Waals surface area contributed by atoms with E-state index in [1.54, 1.807) is 6.20 Å². The summed E-state index contributed by atoms with van der Waals surface area (Å²) in [5.41, 5.74) is 1.83. The van der Waals surface area contributed by atoms with Gasteiger partial charge in [-0.2, -0.15) is 0 Å². The number of carbonyl (C=O) groups is 2. The number of nitrogens with zero attached hydrogens (tertiary/aromatic N) is 1. The van der Waals surface area contributed by atoms with Crippen molar-refractivity contribution in [1.82, 2.24) is 10.3 Å². The van der Waals surface area contributed by atoms with Crippen LogP contribution < -0.4 is 5.32 Å². The molecule has 5 nitrogen and oxygen atoms in total. The molecule has 0 aromatic carbocycles. The van der Waals surface area contributed by atoms with E-state index in [9.17, 15) is 9.59 Å². The van der Waals surface area contributed by atoms with Gasteiger partial charge in [0.15, 0.2) is 0 Å². The zero-order valence-corrected chi connectivity index (χ0v) is 12.9. The van der Waals surface area contributed by atoms with Crippen molar-refractivity contribution in [2.24, 2.45) is 0 Å². The molecule has 22 heavy (non-hydrogen) atoms. The van der Waals surface area contributed by atoms with Crippen LogP contribution >= 0.6 is 0 Å². The quantitative estimate of drug-likeness (QED) is 0.797. The molecule has 0 fully saturated rings. The zero-order valence-electron chi connectivity index (χ0n) is 12.9. The maximum absolute atomic E-state index is 11.8. The Hall–Kier alpha value is -2.43. The molecule has 2 heterocycles. The molecular weight excluding hydrogens is 280 g/mol. The fourth-order valence-electron chi connectivity index (χ4n) is 2.22. The van der Waals surface area contributed by atoms with Gasteiger partial charge in [-0.05, 0) is 44.9 Å². The fraction of sp³-hybridized carbons (Fsp3) is 0.353. The molecule has 2 aromatic heterocycles. The van der Waals surface area contributed by atoms with E-state index in [1.807, 2.05) is 38.1 Å². The molecule has 0 radical (unpaired) electrons. The highest BCUT2D eigenvalue weighted by Gasteiger charge is 2.14. The summed E-state index contributed by atoms with van der Waals surface area (Å²) in [6, 6.07) is 7.53. The van der Waals surface area contributed by atoms with Gasteiger partial charge in [0.1, 0.15) is 11.5 Å². The Morgan fingerprint density at radius 1 is 1.27 bits per heavy atom. The van der Waals surface area contributed by atoms with Crippen LogP contribution in [0.25, 0.3) is 0 Å². The van der Waals surface area contributed by atoms with Gasteiger partial charge < -0.3 is 9.73 Å². The molecule has 5 heteroatoms. The van der Waals surface area contributed by atoms with Gasteiger partial charge in [0.2, 0.25) is 5.78 Å². The van der Waals surface area contributed by atoms with E-state index in [4.69, 9.17) is 4.42 Å². The van der Waals surface area contributed by atoms with E-state index in [-0.39, 0.29) is 6.42 Å². The SMILES string of the molecule is Cc1cc(CNC(=O)C(=O)CCCc2ccccn2)c(C)o1. The lowest BCUT2D eigenvalue weighted by molar-refractivity contribution is -0.138. The van der Waals surface area contributed by atoms with Gasteiger partial charge in [0.05, 0.1) is 0 Å². The van der Waals surface area contributed by atoms with E-state index >= 15 is 0 Å². The number of ketones is 1. The third-order valence-corrected chi connectivity index (χ3v) is 3.40. The molecule has 0 atom stereocenters. The second-order valence-electron chi connectivity index (χ2n) is 5.22. The second kappa shape index (κ2) is 7.54. The first kappa shape index (κ1) is 15.9. The average Bonchev–Trinajstić information content (AvgIpc) is 2.83. The first-order valence-electron chi connectivity index (χ1n) is 7.33. The van der Waals surface area contributed by atoms with Gasteiger partial charge in [-0.3, -0.25) is 14.6 Å². The predicted octanol–water partition coefficient (Wildman–Crippen LogP) is 2.50. The molecule has 1 amide bonds. The predicted molar refractivity (Wildman–Crippen MR) is 82.2 cm³/mol. The summed E-state index contributed by atoms with van der Waals surface area (Å²) < 4.78 is 5.38. The molecule has 0 aliphatic carbocycles. The summed E-state index contributed by atoms with van der Waals surface area (Å²) in [7, 11) is 0. The van der Waals surface area contributed by atoms with Gasteiger partial charge in [0, 0.05) is 30.4 Å². The van der Waals surface area contributed by atoms with Gasteiger partial charge in [-0.15, -0.1) is 0 Å². The number of hydrogen-bond donors (Lipinski definition) is 1. The van der Waals surface area contributed by atoms with Gasteiger partial charge in [-0.25, -0.2) is 0 Å². The molecule has 0 bridgehead atoms. The van der Waals surface area contributed by atoms with E-state index in [1.165, 1.54) is 0 Å². The average molecular weight is 300 g/mol. The van der Waals surface area contributed by atoms with Crippen LogP contribution in [-0.4, -0.2) is 16.7 Å². The van der Waals surface area contributed by atoms with E-state index in [0.717, 1.165) is 22.8 Å². The number of hydrogen-bond acceptors (Lipinski definition) is 4. The molecule has 2 rings (SSSR count). The number of nitrogens with one attached hydrogen (secondary N) is 1. The number of aryl methyl sites for hydroxylation is 3. The number of aromatic nitrogens is 1. The molecular formula is C17H20N2O3. The lowest BCUT2D eigenvalue weighted by Gasteiger charge is -2.04. The third kappa shape index (κ3) is 4.55. The molecule has 0 aliphatic rings. The summed E-state index contributed by atoms with van der Waals surface area (Å²) in [5.74, 6) is 0.622. The number of Topliss-reactive ketones (excluding diaryl/α,β-unsaturated/α-hetero) is 1. The highest BCUT2D eigenvalue weighted by atomic mass is 16.3. The Morgan fingerprint density at radius 2 is 2.09 bits per heavy atom. The van der Waals surface area contributed by atoms with Crippen molar-refractivity contribution in [2.75, 3.05) is 0 Å². The summed E-state index contributed by atoms with van der Waals surface area (Å²) in [6.07, 6.45) is 3.26. The number of furan rings is 1. The Labute approximate surface area is 129 Å². The molecule has 116 valence electrons. The minimum Gasteiger partial charge on any atom is -0.466 e. The number of rotatable bonds is 7. The number of carbonyl (C=O) groups excluding carboxylic acids is 2. The van der Waals surface area contributed by atoms with Crippen LogP contribution in [0.15, 0.2) is 34.9 Å². The standard InChI is InChI=1S/C17H20N2O3/c1-12-10-14(13(2)22-12)11-19-17(21)16(20)8-5-7-15-6-3-4-9-18-15/h3-4,6,9-10H,5,7-8,11H2,1-2H3,(H,19,21). The van der Waals surface area contributed by atoms with E-state index in [2.05, 4.69) is 10.3 Å². The van der Waals surface area contributed by atoms with Gasteiger partial charge in [-0.1, -0.05) is 6.07 Å². The Morgan fingerprint density at radius 3 is 2.73 bits per heavy atom. The maximum Gasteiger partial charge on any atom is 0.287 e. The molecule has 1 N–H and O–H groups in total. The Kier molecular flexibility index (Phi) is 5.47. The first-order chi connectivity index (χ1) is 10.6. The largest absolute Gasteiger partial charge is 0.466 e. The highest BCUT2D eigenvalue weighted by Crippen LogP contribution is 2.13. The Bertz CT molecular complexity index is 647. The van der Waals surface area contributed by atoms with Crippen LogP contribution in [0.3, 0.4) is 0 Å². The number of amides is 1. The van der Waals surface area contributed by atoms with Crippen LogP contribution in [0.4, 0.5) is 0 Å². The van der Waals surface area contributed by atoms with Crippen LogP contribution in [0, 0.1) is 13.8 Å². The molecule has 0 spiro atoms. The van der Waals surface area contributed by atoms with Crippen molar-refractivity contribution in [3.8, 4) is 0 Å². The van der Waals surface area contributed by atoms with Crippen molar-refractivity contribution in [3.05, 3.63) is 53.2 Å². The van der Waals surface area contributed by atoms with Crippen molar-refractivity contribution in [1.29, 1.82) is 0 Å². The highest BCUT2D eigenvalue weighted by molar-refractivity contribution is 6.36. The van der Waals surface area contributed by atoms with Crippen molar-refractivity contribution in [2.45, 2.75) is 39.7 Å². The van der Waals surface area contributed by atoms with Crippen LogP contribution in [0.2, 0.25) is 0 Å². The van der Waals surface area contributed by atoms with Crippen LogP contribution in [0.1, 0.15) is 35.6 Å². The minimum atomic E-state index is -0.542. The molecule has 2 aromatic rings. The van der Waals surface area contributed by atoms with E-state index < -0.39 is 11.7 Å². The lowest BCUT2D eigenvalue weighted by Crippen LogP contribution is -2.30. The zero-order chi connectivity index (χ0) is 15.9. The fourth-order valence-corrected chi connectivity index (χ4v) is 2.22. The normalized spacial score (nSPS) is 10.5. The summed E-state index contributed by atoms with van der Waals surface area (Å²) in [6.45, 7) is 4.00. The maximum atomic E-state index is 11.8. The van der Waals surface area contributed by atoms with E-state index in [0.29, 0.717) is 19.4 Å². The van der Waals surface area contributed by atoms with Gasteiger partial charge >= 0.3 is 0 Å². The summed E-state index contributed by atoms with van der Waals surface area (Å²) >= 11 is 0. The first-order valence-corrected chi connectivity index (χ1v) is 7.33.